The van der Waals surface area contributed by atoms with Crippen molar-refractivity contribution in [3.05, 3.63) is 0 Å². The molecule has 2 fully saturated rings. The van der Waals surface area contributed by atoms with Gasteiger partial charge in [0.25, 0.3) is 12.4 Å². The molecule has 2 aliphatic rings. The van der Waals surface area contributed by atoms with E-state index in [4.69, 9.17) is 0 Å². The van der Waals surface area contributed by atoms with Crippen molar-refractivity contribution in [1.29, 1.82) is 0 Å². The summed E-state index contributed by atoms with van der Waals surface area (Å²) >= 11 is 0. The van der Waals surface area contributed by atoms with Gasteiger partial charge in [-0.15, -0.1) is 0 Å². The minimum atomic E-state index is -0.118. The first-order valence-corrected chi connectivity index (χ1v) is 4.30. The Morgan fingerprint density at radius 2 is 2.23 bits per heavy atom. The maximum absolute atomic E-state index is 11.2. The molecule has 1 amide bonds. The van der Waals surface area contributed by atoms with Crippen LogP contribution in [0.5, 0.6) is 0 Å². The molecular weight excluding hydrogens is 172 g/mol. The van der Waals surface area contributed by atoms with Crippen LogP contribution in [0.4, 0.5) is 0 Å². The van der Waals surface area contributed by atoms with Gasteiger partial charge in [0.05, 0.1) is 0 Å². The van der Waals surface area contributed by atoms with Crippen LogP contribution in [0.25, 0.3) is 0 Å². The van der Waals surface area contributed by atoms with Gasteiger partial charge in [0.2, 0.25) is 0 Å². The Labute approximate surface area is 76.0 Å². The van der Waals surface area contributed by atoms with Crippen molar-refractivity contribution in [3.8, 4) is 0 Å². The molecule has 2 rings (SSSR count). The highest BCUT2D eigenvalue weighted by Crippen LogP contribution is 2.33. The first kappa shape index (κ1) is 8.50. The number of carbonyl (C=O) groups excluding carboxylic acids is 2. The van der Waals surface area contributed by atoms with Gasteiger partial charge in [-0.05, 0) is 0 Å². The number of rotatable bonds is 3. The predicted molar refractivity (Wildman–Crippen MR) is 43.9 cm³/mol. The highest BCUT2D eigenvalue weighted by Gasteiger charge is 2.49. The summed E-state index contributed by atoms with van der Waals surface area (Å²) in [5.74, 6) is -0.0929. The number of nitrogens with one attached hydrogen (secondary N) is 1. The fraction of sp³-hybridized carbons (Fsp3) is 0.750. The van der Waals surface area contributed by atoms with E-state index in [9.17, 15) is 9.59 Å². The smallest absolute Gasteiger partial charge is 0.293 e. The molecule has 72 valence electrons. The van der Waals surface area contributed by atoms with Crippen LogP contribution in [0.1, 0.15) is 0 Å². The molecule has 0 aromatic rings. The van der Waals surface area contributed by atoms with Crippen molar-refractivity contribution in [2.24, 2.45) is 5.41 Å². The van der Waals surface area contributed by atoms with Crippen LogP contribution in [-0.2, 0) is 14.3 Å². The van der Waals surface area contributed by atoms with E-state index in [1.165, 1.54) is 0 Å². The summed E-state index contributed by atoms with van der Waals surface area (Å²) in [4.78, 5) is 22.8. The summed E-state index contributed by atoms with van der Waals surface area (Å²) in [7, 11) is 0. The number of hydrogen-bond acceptors (Lipinski definition) is 4. The highest BCUT2D eigenvalue weighted by molar-refractivity contribution is 5.79. The second-order valence-electron chi connectivity index (χ2n) is 3.76. The van der Waals surface area contributed by atoms with Gasteiger partial charge < -0.3 is 15.0 Å². The third-order valence-corrected chi connectivity index (χ3v) is 2.68. The summed E-state index contributed by atoms with van der Waals surface area (Å²) < 4.78 is 4.38. The Morgan fingerprint density at radius 3 is 2.69 bits per heavy atom. The minimum absolute atomic E-state index is 0.0929. The van der Waals surface area contributed by atoms with Crippen LogP contribution >= 0.6 is 0 Å². The van der Waals surface area contributed by atoms with Crippen molar-refractivity contribution >= 4 is 12.4 Å². The lowest BCUT2D eigenvalue weighted by atomic mass is 9.74. The van der Waals surface area contributed by atoms with E-state index in [1.54, 1.807) is 4.90 Å². The van der Waals surface area contributed by atoms with Gasteiger partial charge in [0, 0.05) is 31.6 Å². The fourth-order valence-electron chi connectivity index (χ4n) is 1.84. The second kappa shape index (κ2) is 2.99. The van der Waals surface area contributed by atoms with Gasteiger partial charge in [-0.2, -0.15) is 0 Å². The van der Waals surface area contributed by atoms with Crippen LogP contribution in [-0.4, -0.2) is 50.1 Å². The molecule has 0 aliphatic carbocycles. The minimum Gasteiger partial charge on any atom is -0.458 e. The maximum Gasteiger partial charge on any atom is 0.293 e. The average molecular weight is 184 g/mol. The third-order valence-electron chi connectivity index (χ3n) is 2.68. The standard InChI is InChI=1S/C8H12N2O3/c11-6-13-1-7(12)10-4-8(5-10)2-9-3-8/h6,9H,1-5H2. The van der Waals surface area contributed by atoms with E-state index in [1.807, 2.05) is 0 Å². The topological polar surface area (TPSA) is 58.6 Å². The number of nitrogens with zero attached hydrogens (tertiary/aromatic N) is 1. The molecule has 2 saturated heterocycles. The lowest BCUT2D eigenvalue weighted by Gasteiger charge is -2.55. The zero-order valence-corrected chi connectivity index (χ0v) is 7.28. The van der Waals surface area contributed by atoms with Crippen LogP contribution < -0.4 is 5.32 Å². The summed E-state index contributed by atoms with van der Waals surface area (Å²) in [6.07, 6.45) is 0. The molecule has 0 atom stereocenters. The molecule has 5 nitrogen and oxygen atoms in total. The Morgan fingerprint density at radius 1 is 1.54 bits per heavy atom. The van der Waals surface area contributed by atoms with E-state index < -0.39 is 0 Å². The first-order valence-electron chi connectivity index (χ1n) is 4.30. The molecule has 0 bridgehead atoms. The van der Waals surface area contributed by atoms with Gasteiger partial charge in [-0.25, -0.2) is 0 Å². The number of likely N-dealkylation sites (tertiary alicyclic amines) is 1. The number of amides is 1. The molecule has 0 saturated carbocycles. The zero-order valence-electron chi connectivity index (χ0n) is 7.28. The Kier molecular flexibility index (Phi) is 1.95. The molecule has 0 aromatic carbocycles. The van der Waals surface area contributed by atoms with Gasteiger partial charge >= 0.3 is 0 Å². The quantitative estimate of drug-likeness (QED) is 0.547. The summed E-state index contributed by atoms with van der Waals surface area (Å²) in [6, 6.07) is 0. The van der Waals surface area contributed by atoms with E-state index >= 15 is 0 Å². The Hall–Kier alpha value is -1.10. The lowest BCUT2D eigenvalue weighted by molar-refractivity contribution is -0.154. The van der Waals surface area contributed by atoms with Crippen molar-refractivity contribution in [1.82, 2.24) is 10.2 Å². The molecule has 0 aromatic heterocycles. The second-order valence-corrected chi connectivity index (χ2v) is 3.76. The average Bonchev–Trinajstić information content (AvgIpc) is 1.95. The molecule has 5 heteroatoms. The van der Waals surface area contributed by atoms with E-state index in [-0.39, 0.29) is 12.5 Å². The lowest BCUT2D eigenvalue weighted by Crippen LogP contribution is -2.72. The van der Waals surface area contributed by atoms with E-state index in [0.717, 1.165) is 26.2 Å². The molecule has 0 radical (unpaired) electrons. The predicted octanol–water partition coefficient (Wildman–Crippen LogP) is -1.41. The third kappa shape index (κ3) is 1.39. The van der Waals surface area contributed by atoms with Gasteiger partial charge in [0.1, 0.15) is 0 Å². The maximum atomic E-state index is 11.2. The van der Waals surface area contributed by atoms with Gasteiger partial charge in [-0.3, -0.25) is 9.59 Å². The van der Waals surface area contributed by atoms with Crippen molar-refractivity contribution in [2.75, 3.05) is 32.8 Å². The van der Waals surface area contributed by atoms with Crippen LogP contribution in [0.15, 0.2) is 0 Å². The van der Waals surface area contributed by atoms with Crippen LogP contribution in [0, 0.1) is 5.41 Å². The zero-order chi connectivity index (χ0) is 9.31. The van der Waals surface area contributed by atoms with E-state index in [2.05, 4.69) is 10.1 Å². The fourth-order valence-corrected chi connectivity index (χ4v) is 1.84. The number of carbonyl (C=O) groups is 2. The summed E-state index contributed by atoms with van der Waals surface area (Å²) in [6.45, 7) is 3.81. The van der Waals surface area contributed by atoms with Crippen LogP contribution in [0.2, 0.25) is 0 Å². The monoisotopic (exact) mass is 184 g/mol. The normalized spacial score (nSPS) is 23.2. The number of ether oxygens (including phenoxy) is 1. The number of hydrogen-bond donors (Lipinski definition) is 1. The Bertz CT molecular complexity index is 230. The largest absolute Gasteiger partial charge is 0.458 e. The highest BCUT2D eigenvalue weighted by atomic mass is 16.5. The molecule has 1 N–H and O–H groups in total. The molecular formula is C8H12N2O3. The van der Waals surface area contributed by atoms with E-state index in [0.29, 0.717) is 11.9 Å². The van der Waals surface area contributed by atoms with Gasteiger partial charge in [0.15, 0.2) is 6.61 Å². The van der Waals surface area contributed by atoms with Crippen molar-refractivity contribution in [3.63, 3.8) is 0 Å². The SMILES string of the molecule is O=COCC(=O)N1CC2(CNC2)C1. The molecule has 13 heavy (non-hydrogen) atoms. The Balaban J connectivity index is 1.72. The molecule has 1 spiro atoms. The molecule has 2 heterocycles. The molecule has 0 unspecified atom stereocenters. The van der Waals surface area contributed by atoms with Crippen molar-refractivity contribution in [2.45, 2.75) is 0 Å². The van der Waals surface area contributed by atoms with Crippen molar-refractivity contribution < 1.29 is 14.3 Å². The molecule has 2 aliphatic heterocycles. The summed E-state index contributed by atoms with van der Waals surface area (Å²) in [5, 5.41) is 3.18. The summed E-state index contributed by atoms with van der Waals surface area (Å²) in [5.41, 5.74) is 0.344. The first-order chi connectivity index (χ1) is 6.26. The van der Waals surface area contributed by atoms with Gasteiger partial charge in [-0.1, -0.05) is 0 Å². The van der Waals surface area contributed by atoms with Crippen LogP contribution in [0.3, 0.4) is 0 Å².